The molecule has 17 heavy (non-hydrogen) atoms. The zero-order valence-corrected chi connectivity index (χ0v) is 11.9. The maximum atomic E-state index is 2.75. The van der Waals surface area contributed by atoms with E-state index in [0.717, 1.165) is 12.1 Å². The molecule has 0 amide bonds. The minimum absolute atomic E-state index is 0.728. The Bertz CT molecular complexity index is 222. The van der Waals surface area contributed by atoms with Crippen LogP contribution < -0.4 is 0 Å². The Hall–Kier alpha value is -0.120. The highest BCUT2D eigenvalue weighted by molar-refractivity contribution is 4.82. The lowest BCUT2D eigenvalue weighted by atomic mass is 10.0. The van der Waals surface area contributed by atoms with Gasteiger partial charge in [0, 0.05) is 25.2 Å². The highest BCUT2D eigenvalue weighted by Crippen LogP contribution is 2.19. The van der Waals surface area contributed by atoms with Gasteiger partial charge >= 0.3 is 0 Å². The normalized spacial score (nSPS) is 27.5. The zero-order chi connectivity index (χ0) is 12.3. The van der Waals surface area contributed by atoms with E-state index in [1.165, 1.54) is 58.5 Å². The number of piperidine rings is 1. The topological polar surface area (TPSA) is 9.72 Å². The summed E-state index contributed by atoms with van der Waals surface area (Å²) in [6.07, 6.45) is 4.10. The lowest BCUT2D eigenvalue weighted by Gasteiger charge is -2.39. The third kappa shape index (κ3) is 3.67. The molecule has 3 heteroatoms. The SMILES string of the molecule is CC(C)N1CCC(N2CCCN(C)CC2)CC1. The Morgan fingerprint density at radius 3 is 2.24 bits per heavy atom. The van der Waals surface area contributed by atoms with Gasteiger partial charge in [0.2, 0.25) is 0 Å². The predicted octanol–water partition coefficient (Wildman–Crippen LogP) is 1.50. The fourth-order valence-electron chi connectivity index (χ4n) is 3.20. The first-order valence-corrected chi connectivity index (χ1v) is 7.33. The smallest absolute Gasteiger partial charge is 0.0120 e. The number of nitrogens with zero attached hydrogens (tertiary/aromatic N) is 3. The van der Waals surface area contributed by atoms with Crippen molar-refractivity contribution >= 4 is 0 Å². The van der Waals surface area contributed by atoms with Crippen molar-refractivity contribution in [3.05, 3.63) is 0 Å². The van der Waals surface area contributed by atoms with Crippen LogP contribution in [0, 0.1) is 0 Å². The molecular weight excluding hydrogens is 210 g/mol. The lowest BCUT2D eigenvalue weighted by Crippen LogP contribution is -2.47. The molecule has 0 aromatic rings. The summed E-state index contributed by atoms with van der Waals surface area (Å²) in [7, 11) is 2.25. The van der Waals surface area contributed by atoms with Crippen LogP contribution in [-0.2, 0) is 0 Å². The summed E-state index contributed by atoms with van der Waals surface area (Å²) in [4.78, 5) is 7.85. The molecule has 0 saturated carbocycles. The molecule has 0 atom stereocenters. The first-order valence-electron chi connectivity index (χ1n) is 7.33. The Labute approximate surface area is 107 Å². The first-order chi connectivity index (χ1) is 8.16. The van der Waals surface area contributed by atoms with E-state index in [-0.39, 0.29) is 0 Å². The quantitative estimate of drug-likeness (QED) is 0.723. The van der Waals surface area contributed by atoms with Crippen LogP contribution in [0.3, 0.4) is 0 Å². The molecule has 2 rings (SSSR count). The molecule has 0 N–H and O–H groups in total. The van der Waals surface area contributed by atoms with Gasteiger partial charge in [-0.1, -0.05) is 0 Å². The van der Waals surface area contributed by atoms with Gasteiger partial charge in [-0.05, 0) is 66.3 Å². The average molecular weight is 239 g/mol. The van der Waals surface area contributed by atoms with Crippen molar-refractivity contribution in [1.29, 1.82) is 0 Å². The maximum Gasteiger partial charge on any atom is 0.0120 e. The molecule has 2 heterocycles. The van der Waals surface area contributed by atoms with Crippen LogP contribution in [0.25, 0.3) is 0 Å². The summed E-state index contributed by atoms with van der Waals surface area (Å²) in [6, 6.07) is 1.59. The van der Waals surface area contributed by atoms with Crippen LogP contribution >= 0.6 is 0 Å². The summed E-state index contributed by atoms with van der Waals surface area (Å²) >= 11 is 0. The second-order valence-electron chi connectivity index (χ2n) is 6.05. The number of hydrogen-bond acceptors (Lipinski definition) is 3. The third-order valence-corrected chi connectivity index (χ3v) is 4.50. The average Bonchev–Trinajstić information content (AvgIpc) is 2.54. The standard InChI is InChI=1S/C14H29N3/c1-13(2)16-9-5-14(6-10-16)17-8-4-7-15(3)11-12-17/h13-14H,4-12H2,1-3H3. The van der Waals surface area contributed by atoms with Crippen molar-refractivity contribution in [2.24, 2.45) is 0 Å². The van der Waals surface area contributed by atoms with Gasteiger partial charge in [-0.15, -0.1) is 0 Å². The van der Waals surface area contributed by atoms with Crippen LogP contribution in [0.4, 0.5) is 0 Å². The lowest BCUT2D eigenvalue weighted by molar-refractivity contribution is 0.0947. The Kier molecular flexibility index (Phi) is 4.83. The Morgan fingerprint density at radius 2 is 1.59 bits per heavy atom. The highest BCUT2D eigenvalue weighted by atomic mass is 15.2. The molecule has 2 aliphatic rings. The van der Waals surface area contributed by atoms with Crippen molar-refractivity contribution in [3.8, 4) is 0 Å². The number of likely N-dealkylation sites (tertiary alicyclic amines) is 1. The summed E-state index contributed by atoms with van der Waals surface area (Å²) in [6.45, 7) is 12.4. The molecule has 0 spiro atoms. The van der Waals surface area contributed by atoms with Crippen LogP contribution in [0.2, 0.25) is 0 Å². The molecule has 2 aliphatic heterocycles. The van der Waals surface area contributed by atoms with Crippen LogP contribution in [0.15, 0.2) is 0 Å². The van der Waals surface area contributed by atoms with E-state index in [4.69, 9.17) is 0 Å². The van der Waals surface area contributed by atoms with Crippen molar-refractivity contribution in [3.63, 3.8) is 0 Å². The maximum absolute atomic E-state index is 2.75. The minimum Gasteiger partial charge on any atom is -0.305 e. The van der Waals surface area contributed by atoms with Crippen LogP contribution in [0.5, 0.6) is 0 Å². The van der Waals surface area contributed by atoms with E-state index >= 15 is 0 Å². The second kappa shape index (κ2) is 6.17. The van der Waals surface area contributed by atoms with Crippen molar-refractivity contribution in [2.45, 2.75) is 45.2 Å². The summed E-state index contributed by atoms with van der Waals surface area (Å²) < 4.78 is 0. The third-order valence-electron chi connectivity index (χ3n) is 4.50. The van der Waals surface area contributed by atoms with Gasteiger partial charge in [0.1, 0.15) is 0 Å². The van der Waals surface area contributed by atoms with Gasteiger partial charge in [-0.2, -0.15) is 0 Å². The molecule has 0 radical (unpaired) electrons. The number of hydrogen-bond donors (Lipinski definition) is 0. The molecule has 2 fully saturated rings. The molecule has 2 saturated heterocycles. The van der Waals surface area contributed by atoms with Gasteiger partial charge in [0.15, 0.2) is 0 Å². The Balaban J connectivity index is 1.79. The zero-order valence-electron chi connectivity index (χ0n) is 11.9. The molecule has 0 aromatic carbocycles. The van der Waals surface area contributed by atoms with E-state index in [1.54, 1.807) is 0 Å². The highest BCUT2D eigenvalue weighted by Gasteiger charge is 2.26. The number of likely N-dealkylation sites (N-methyl/N-ethyl adjacent to an activating group) is 1. The van der Waals surface area contributed by atoms with E-state index in [2.05, 4.69) is 35.6 Å². The molecular formula is C14H29N3. The predicted molar refractivity (Wildman–Crippen MR) is 73.4 cm³/mol. The molecule has 0 aromatic heterocycles. The summed E-state index contributed by atoms with van der Waals surface area (Å²) in [5, 5.41) is 0. The minimum atomic E-state index is 0.728. The van der Waals surface area contributed by atoms with Gasteiger partial charge < -0.3 is 9.80 Å². The van der Waals surface area contributed by atoms with Gasteiger partial charge in [0.25, 0.3) is 0 Å². The first kappa shape index (κ1) is 13.3. The summed E-state index contributed by atoms with van der Waals surface area (Å²) in [5.41, 5.74) is 0. The van der Waals surface area contributed by atoms with E-state index in [1.807, 2.05) is 0 Å². The van der Waals surface area contributed by atoms with Gasteiger partial charge in [-0.3, -0.25) is 4.90 Å². The molecule has 0 unspecified atom stereocenters. The second-order valence-corrected chi connectivity index (χ2v) is 6.05. The molecule has 0 bridgehead atoms. The van der Waals surface area contributed by atoms with E-state index < -0.39 is 0 Å². The van der Waals surface area contributed by atoms with Gasteiger partial charge in [0.05, 0.1) is 0 Å². The molecule has 3 nitrogen and oxygen atoms in total. The fourth-order valence-corrected chi connectivity index (χ4v) is 3.20. The van der Waals surface area contributed by atoms with Crippen molar-refractivity contribution < 1.29 is 0 Å². The van der Waals surface area contributed by atoms with Crippen LogP contribution in [-0.4, -0.2) is 73.1 Å². The monoisotopic (exact) mass is 239 g/mol. The fraction of sp³-hybridized carbons (Fsp3) is 1.00. The van der Waals surface area contributed by atoms with Crippen molar-refractivity contribution in [2.75, 3.05) is 46.3 Å². The number of rotatable bonds is 2. The molecule has 0 aliphatic carbocycles. The van der Waals surface area contributed by atoms with Crippen LogP contribution in [0.1, 0.15) is 33.1 Å². The largest absolute Gasteiger partial charge is 0.305 e. The van der Waals surface area contributed by atoms with Gasteiger partial charge in [-0.25, -0.2) is 0 Å². The van der Waals surface area contributed by atoms with E-state index in [0.29, 0.717) is 0 Å². The Morgan fingerprint density at radius 1 is 0.882 bits per heavy atom. The van der Waals surface area contributed by atoms with Crippen molar-refractivity contribution in [1.82, 2.24) is 14.7 Å². The summed E-state index contributed by atoms with van der Waals surface area (Å²) in [5.74, 6) is 0. The molecule has 100 valence electrons. The van der Waals surface area contributed by atoms with E-state index in [9.17, 15) is 0 Å².